The summed E-state index contributed by atoms with van der Waals surface area (Å²) in [5.74, 6) is 0. The Balaban J connectivity index is 1.34. The average molecular weight is 340 g/mol. The highest BCUT2D eigenvalue weighted by molar-refractivity contribution is 5.89. The van der Waals surface area contributed by atoms with Gasteiger partial charge in [-0.1, -0.05) is 30.3 Å². The average Bonchev–Trinajstić information content (AvgIpc) is 3.24. The molecule has 1 aromatic carbocycles. The van der Waals surface area contributed by atoms with Crippen LogP contribution in [-0.4, -0.2) is 47.0 Å². The summed E-state index contributed by atoms with van der Waals surface area (Å²) < 4.78 is 7.31. The van der Waals surface area contributed by atoms with E-state index in [4.69, 9.17) is 4.74 Å². The molecule has 0 atom stereocenters. The van der Waals surface area contributed by atoms with Gasteiger partial charge in [0.25, 0.3) is 0 Å². The molecule has 1 spiro atoms. The largest absolute Gasteiger partial charge is 0.381 e. The van der Waals surface area contributed by atoms with Crippen molar-refractivity contribution in [2.24, 2.45) is 5.41 Å². The summed E-state index contributed by atoms with van der Waals surface area (Å²) >= 11 is 0. The first-order valence-corrected chi connectivity index (χ1v) is 8.93. The fourth-order valence-corrected chi connectivity index (χ4v) is 3.81. The van der Waals surface area contributed by atoms with Gasteiger partial charge in [0.2, 0.25) is 0 Å². The molecule has 2 amide bonds. The molecule has 0 bridgehead atoms. The van der Waals surface area contributed by atoms with E-state index in [2.05, 4.69) is 22.5 Å². The van der Waals surface area contributed by atoms with Gasteiger partial charge in [-0.15, -0.1) is 0 Å². The lowest BCUT2D eigenvalue weighted by Crippen LogP contribution is -2.37. The molecule has 1 aromatic heterocycles. The number of carbonyl (C=O) groups excluding carboxylic acids is 1. The van der Waals surface area contributed by atoms with E-state index in [0.29, 0.717) is 6.54 Å². The lowest BCUT2D eigenvalue weighted by Gasteiger charge is -2.33. The summed E-state index contributed by atoms with van der Waals surface area (Å²) in [6.07, 6.45) is 6.79. The maximum atomic E-state index is 12.6. The number of urea groups is 1. The monoisotopic (exact) mass is 340 g/mol. The van der Waals surface area contributed by atoms with Crippen LogP contribution in [-0.2, 0) is 11.3 Å². The molecule has 6 heteroatoms. The van der Waals surface area contributed by atoms with E-state index in [9.17, 15) is 4.79 Å². The number of likely N-dealkylation sites (tertiary alicyclic amines) is 1. The number of rotatable bonds is 3. The molecule has 132 valence electrons. The Bertz CT molecular complexity index is 722. The second-order valence-corrected chi connectivity index (χ2v) is 7.13. The molecule has 0 radical (unpaired) electrons. The van der Waals surface area contributed by atoms with Crippen LogP contribution in [0, 0.1) is 5.41 Å². The maximum absolute atomic E-state index is 12.6. The summed E-state index contributed by atoms with van der Waals surface area (Å²) in [4.78, 5) is 14.5. The molecule has 2 fully saturated rings. The van der Waals surface area contributed by atoms with E-state index in [1.807, 2.05) is 34.0 Å². The van der Waals surface area contributed by atoms with Crippen molar-refractivity contribution in [3.63, 3.8) is 0 Å². The minimum absolute atomic E-state index is 0.0253. The number of hydrogen-bond donors (Lipinski definition) is 1. The molecule has 2 saturated heterocycles. The van der Waals surface area contributed by atoms with Crippen molar-refractivity contribution in [1.29, 1.82) is 0 Å². The molecule has 0 aliphatic carbocycles. The molecule has 6 nitrogen and oxygen atoms in total. The second-order valence-electron chi connectivity index (χ2n) is 7.13. The SMILES string of the molecule is O=C(Nc1cnn(Cc2ccccc2)c1)N1CCC2(CCOCC2)C1. The van der Waals surface area contributed by atoms with Crippen LogP contribution in [0.2, 0.25) is 0 Å². The zero-order valence-corrected chi connectivity index (χ0v) is 14.4. The van der Waals surface area contributed by atoms with Gasteiger partial charge in [-0.05, 0) is 30.2 Å². The van der Waals surface area contributed by atoms with Crippen molar-refractivity contribution >= 4 is 11.7 Å². The van der Waals surface area contributed by atoms with Gasteiger partial charge in [-0.3, -0.25) is 4.68 Å². The Morgan fingerprint density at radius 3 is 2.80 bits per heavy atom. The van der Waals surface area contributed by atoms with Crippen LogP contribution < -0.4 is 5.32 Å². The molecule has 2 aliphatic heterocycles. The van der Waals surface area contributed by atoms with Gasteiger partial charge in [0.1, 0.15) is 0 Å². The van der Waals surface area contributed by atoms with Crippen LogP contribution in [0.5, 0.6) is 0 Å². The fraction of sp³-hybridized carbons (Fsp3) is 0.474. The minimum atomic E-state index is -0.0253. The number of nitrogens with one attached hydrogen (secondary N) is 1. The molecule has 0 saturated carbocycles. The van der Waals surface area contributed by atoms with E-state index >= 15 is 0 Å². The lowest BCUT2D eigenvalue weighted by atomic mass is 9.80. The van der Waals surface area contributed by atoms with E-state index in [-0.39, 0.29) is 11.4 Å². The van der Waals surface area contributed by atoms with Gasteiger partial charge in [0.05, 0.1) is 18.4 Å². The van der Waals surface area contributed by atoms with Crippen molar-refractivity contribution in [2.45, 2.75) is 25.8 Å². The van der Waals surface area contributed by atoms with Crippen LogP contribution in [0.25, 0.3) is 0 Å². The highest BCUT2D eigenvalue weighted by atomic mass is 16.5. The molecule has 2 aliphatic rings. The number of carbonyl (C=O) groups is 1. The highest BCUT2D eigenvalue weighted by Crippen LogP contribution is 2.39. The Morgan fingerprint density at radius 1 is 1.20 bits per heavy atom. The molecule has 3 heterocycles. The van der Waals surface area contributed by atoms with Crippen LogP contribution >= 0.6 is 0 Å². The van der Waals surface area contributed by atoms with Gasteiger partial charge in [0, 0.05) is 32.5 Å². The quantitative estimate of drug-likeness (QED) is 0.934. The van der Waals surface area contributed by atoms with Crippen molar-refractivity contribution < 1.29 is 9.53 Å². The number of ether oxygens (including phenoxy) is 1. The normalized spacial score (nSPS) is 19.3. The summed E-state index contributed by atoms with van der Waals surface area (Å²) in [5.41, 5.74) is 2.20. The minimum Gasteiger partial charge on any atom is -0.381 e. The first-order chi connectivity index (χ1) is 12.2. The zero-order chi connectivity index (χ0) is 17.1. The molecule has 25 heavy (non-hydrogen) atoms. The molecular weight excluding hydrogens is 316 g/mol. The van der Waals surface area contributed by atoms with Gasteiger partial charge in [0.15, 0.2) is 0 Å². The molecular formula is C19H24N4O2. The van der Waals surface area contributed by atoms with Gasteiger partial charge in [-0.25, -0.2) is 4.79 Å². The summed E-state index contributed by atoms with van der Waals surface area (Å²) in [5, 5.41) is 7.33. The Morgan fingerprint density at radius 2 is 2.00 bits per heavy atom. The predicted octanol–water partition coefficient (Wildman–Crippen LogP) is 2.97. The van der Waals surface area contributed by atoms with Crippen molar-refractivity contribution in [2.75, 3.05) is 31.6 Å². The molecule has 1 N–H and O–H groups in total. The first kappa shape index (κ1) is 16.1. The third kappa shape index (κ3) is 3.69. The number of nitrogens with zero attached hydrogens (tertiary/aromatic N) is 3. The lowest BCUT2D eigenvalue weighted by molar-refractivity contribution is 0.0211. The first-order valence-electron chi connectivity index (χ1n) is 8.93. The number of aromatic nitrogens is 2. The van der Waals surface area contributed by atoms with E-state index in [0.717, 1.165) is 51.3 Å². The van der Waals surface area contributed by atoms with Gasteiger partial charge in [-0.2, -0.15) is 5.10 Å². The van der Waals surface area contributed by atoms with Crippen molar-refractivity contribution in [3.8, 4) is 0 Å². The molecule has 4 rings (SSSR count). The van der Waals surface area contributed by atoms with E-state index in [1.54, 1.807) is 6.20 Å². The summed E-state index contributed by atoms with van der Waals surface area (Å²) in [6, 6.07) is 10.1. The standard InChI is InChI=1S/C19H24N4O2/c24-18(22-9-6-19(15-22)7-10-25-11-8-19)21-17-12-20-23(14-17)13-16-4-2-1-3-5-16/h1-5,12,14H,6-11,13,15H2,(H,21,24). The number of anilines is 1. The van der Waals surface area contributed by atoms with Crippen LogP contribution in [0.3, 0.4) is 0 Å². The van der Waals surface area contributed by atoms with E-state index < -0.39 is 0 Å². The molecule has 0 unspecified atom stereocenters. The van der Waals surface area contributed by atoms with Crippen molar-refractivity contribution in [1.82, 2.24) is 14.7 Å². The predicted molar refractivity (Wildman–Crippen MR) is 95.5 cm³/mol. The number of amides is 2. The maximum Gasteiger partial charge on any atom is 0.321 e. The number of benzene rings is 1. The van der Waals surface area contributed by atoms with Crippen LogP contribution in [0.1, 0.15) is 24.8 Å². The van der Waals surface area contributed by atoms with Crippen molar-refractivity contribution in [3.05, 3.63) is 48.3 Å². The van der Waals surface area contributed by atoms with Crippen LogP contribution in [0.15, 0.2) is 42.7 Å². The van der Waals surface area contributed by atoms with E-state index in [1.165, 1.54) is 5.56 Å². The second kappa shape index (κ2) is 6.88. The third-order valence-electron chi connectivity index (χ3n) is 5.35. The topological polar surface area (TPSA) is 59.4 Å². The smallest absolute Gasteiger partial charge is 0.321 e. The van der Waals surface area contributed by atoms with Gasteiger partial charge >= 0.3 is 6.03 Å². The summed E-state index contributed by atoms with van der Waals surface area (Å²) in [6.45, 7) is 4.00. The Kier molecular flexibility index (Phi) is 4.44. The summed E-state index contributed by atoms with van der Waals surface area (Å²) in [7, 11) is 0. The molecule has 2 aromatic rings. The number of hydrogen-bond acceptors (Lipinski definition) is 3. The third-order valence-corrected chi connectivity index (χ3v) is 5.35. The van der Waals surface area contributed by atoms with Gasteiger partial charge < -0.3 is 15.0 Å². The fourth-order valence-electron chi connectivity index (χ4n) is 3.81. The Labute approximate surface area is 147 Å². The van der Waals surface area contributed by atoms with Crippen LogP contribution in [0.4, 0.5) is 10.5 Å². The Hall–Kier alpha value is -2.34. The zero-order valence-electron chi connectivity index (χ0n) is 14.4. The highest BCUT2D eigenvalue weighted by Gasteiger charge is 2.40.